The summed E-state index contributed by atoms with van der Waals surface area (Å²) in [4.78, 5) is 0. The minimum absolute atomic E-state index is 0.424. The standard InChI is InChI=1S/C9H16N4O2/c1-10-6-5-13(14)9(12-3)7(11-2)8(6)15-4/h5,10-12H,1-4H3. The Morgan fingerprint density at radius 3 is 2.27 bits per heavy atom. The number of hydrogen-bond acceptors (Lipinski definition) is 5. The second-order valence-corrected chi connectivity index (χ2v) is 2.88. The van der Waals surface area contributed by atoms with Gasteiger partial charge in [0, 0.05) is 14.1 Å². The lowest BCUT2D eigenvalue weighted by Gasteiger charge is -2.17. The third-order valence-corrected chi connectivity index (χ3v) is 2.14. The van der Waals surface area contributed by atoms with Crippen LogP contribution in [0, 0.1) is 5.21 Å². The lowest BCUT2D eigenvalue weighted by Crippen LogP contribution is -2.31. The number of aromatic nitrogens is 1. The van der Waals surface area contributed by atoms with Crippen molar-refractivity contribution in [2.24, 2.45) is 0 Å². The lowest BCUT2D eigenvalue weighted by atomic mass is 10.3. The molecule has 15 heavy (non-hydrogen) atoms. The van der Waals surface area contributed by atoms with Crippen molar-refractivity contribution in [3.05, 3.63) is 11.4 Å². The number of nitrogens with one attached hydrogen (secondary N) is 3. The Bertz CT molecular complexity index is 354. The van der Waals surface area contributed by atoms with Crippen LogP contribution >= 0.6 is 0 Å². The van der Waals surface area contributed by atoms with Gasteiger partial charge >= 0.3 is 5.82 Å². The number of pyridine rings is 1. The van der Waals surface area contributed by atoms with Gasteiger partial charge in [0.2, 0.25) is 0 Å². The molecule has 6 nitrogen and oxygen atoms in total. The first-order chi connectivity index (χ1) is 7.19. The maximum absolute atomic E-state index is 11.6. The molecule has 0 aliphatic rings. The van der Waals surface area contributed by atoms with Gasteiger partial charge in [-0.3, -0.25) is 5.32 Å². The highest BCUT2D eigenvalue weighted by atomic mass is 16.5. The smallest absolute Gasteiger partial charge is 0.305 e. The maximum atomic E-state index is 11.6. The molecule has 0 bridgehead atoms. The average molecular weight is 212 g/mol. The Hall–Kier alpha value is -1.85. The van der Waals surface area contributed by atoms with E-state index in [-0.39, 0.29) is 0 Å². The van der Waals surface area contributed by atoms with Crippen LogP contribution in [0.15, 0.2) is 6.20 Å². The molecule has 1 aromatic rings. The van der Waals surface area contributed by atoms with Gasteiger partial charge in [0.15, 0.2) is 11.4 Å². The molecule has 0 saturated heterocycles. The van der Waals surface area contributed by atoms with Crippen molar-refractivity contribution in [2.75, 3.05) is 44.2 Å². The normalized spacial score (nSPS) is 9.60. The summed E-state index contributed by atoms with van der Waals surface area (Å²) in [7, 11) is 6.71. The van der Waals surface area contributed by atoms with Gasteiger partial charge in [-0.25, -0.2) is 4.73 Å². The molecule has 0 atom stereocenters. The molecule has 6 heteroatoms. The van der Waals surface area contributed by atoms with Crippen LogP contribution in [0.5, 0.6) is 5.75 Å². The molecule has 0 spiro atoms. The molecule has 0 amide bonds. The second-order valence-electron chi connectivity index (χ2n) is 2.88. The molecule has 84 valence electrons. The van der Waals surface area contributed by atoms with Crippen molar-refractivity contribution < 1.29 is 9.47 Å². The number of methoxy groups -OCH3 is 1. The van der Waals surface area contributed by atoms with Crippen LogP contribution in [-0.4, -0.2) is 28.3 Å². The molecule has 0 saturated carbocycles. The Labute approximate surface area is 88.8 Å². The summed E-state index contributed by atoms with van der Waals surface area (Å²) in [5.74, 6) is 1.03. The van der Waals surface area contributed by atoms with E-state index in [2.05, 4.69) is 16.0 Å². The summed E-state index contributed by atoms with van der Waals surface area (Å²) >= 11 is 0. The zero-order valence-corrected chi connectivity index (χ0v) is 9.34. The third kappa shape index (κ3) is 1.83. The van der Waals surface area contributed by atoms with Crippen LogP contribution < -0.4 is 25.4 Å². The number of rotatable bonds is 4. The van der Waals surface area contributed by atoms with E-state index in [1.807, 2.05) is 0 Å². The number of anilines is 3. The van der Waals surface area contributed by atoms with Gasteiger partial charge < -0.3 is 20.6 Å². The van der Waals surface area contributed by atoms with E-state index in [0.29, 0.717) is 22.9 Å². The summed E-state index contributed by atoms with van der Waals surface area (Å²) in [5, 5.41) is 20.3. The Morgan fingerprint density at radius 1 is 1.20 bits per heavy atom. The number of nitrogens with zero attached hydrogens (tertiary/aromatic N) is 1. The fourth-order valence-electron chi connectivity index (χ4n) is 1.45. The summed E-state index contributed by atoms with van der Waals surface area (Å²) < 4.78 is 5.99. The summed E-state index contributed by atoms with van der Waals surface area (Å²) in [5.41, 5.74) is 1.26. The van der Waals surface area contributed by atoms with E-state index in [1.165, 1.54) is 6.20 Å². The molecule has 1 aromatic heterocycles. The van der Waals surface area contributed by atoms with E-state index >= 15 is 0 Å². The topological polar surface area (TPSA) is 72.3 Å². The number of ether oxygens (including phenoxy) is 1. The quantitative estimate of drug-likeness (QED) is 0.499. The molecular weight excluding hydrogens is 196 g/mol. The molecule has 1 rings (SSSR count). The van der Waals surface area contributed by atoms with Gasteiger partial charge in [-0.05, 0) is 0 Å². The van der Waals surface area contributed by atoms with Crippen LogP contribution in [0.2, 0.25) is 0 Å². The largest absolute Gasteiger partial charge is 0.710 e. The molecule has 0 unspecified atom stereocenters. The van der Waals surface area contributed by atoms with Gasteiger partial charge in [0.05, 0.1) is 14.2 Å². The van der Waals surface area contributed by atoms with Gasteiger partial charge in [-0.15, -0.1) is 0 Å². The Balaban J connectivity index is 3.44. The third-order valence-electron chi connectivity index (χ3n) is 2.14. The highest BCUT2D eigenvalue weighted by Crippen LogP contribution is 2.35. The molecular formula is C9H16N4O2. The van der Waals surface area contributed by atoms with Crippen molar-refractivity contribution in [1.82, 2.24) is 0 Å². The lowest BCUT2D eigenvalue weighted by molar-refractivity contribution is -0.588. The highest BCUT2D eigenvalue weighted by molar-refractivity contribution is 5.77. The monoisotopic (exact) mass is 212 g/mol. The van der Waals surface area contributed by atoms with E-state index < -0.39 is 0 Å². The molecule has 0 radical (unpaired) electrons. The summed E-state index contributed by atoms with van der Waals surface area (Å²) in [6, 6.07) is 0. The van der Waals surface area contributed by atoms with Crippen molar-refractivity contribution in [1.29, 1.82) is 0 Å². The van der Waals surface area contributed by atoms with Crippen molar-refractivity contribution in [3.8, 4) is 5.75 Å². The van der Waals surface area contributed by atoms with Crippen LogP contribution in [0.25, 0.3) is 0 Å². The number of hydrogen-bond donors (Lipinski definition) is 3. The average Bonchev–Trinajstić information content (AvgIpc) is 2.27. The molecule has 3 N–H and O–H groups in total. The first-order valence-corrected chi connectivity index (χ1v) is 4.57. The fraction of sp³-hybridized carbons (Fsp3) is 0.444. The predicted octanol–water partition coefficient (Wildman–Crippen LogP) is 0.454. The Morgan fingerprint density at radius 2 is 1.87 bits per heavy atom. The fourth-order valence-corrected chi connectivity index (χ4v) is 1.45. The highest BCUT2D eigenvalue weighted by Gasteiger charge is 2.18. The van der Waals surface area contributed by atoms with E-state index in [9.17, 15) is 5.21 Å². The van der Waals surface area contributed by atoms with Gasteiger partial charge in [0.1, 0.15) is 11.9 Å². The van der Waals surface area contributed by atoms with E-state index in [0.717, 1.165) is 4.73 Å². The van der Waals surface area contributed by atoms with Crippen molar-refractivity contribution in [2.45, 2.75) is 0 Å². The summed E-state index contributed by atoms with van der Waals surface area (Å²) in [6.45, 7) is 0. The van der Waals surface area contributed by atoms with E-state index in [1.54, 1.807) is 28.3 Å². The molecule has 0 fully saturated rings. The first-order valence-electron chi connectivity index (χ1n) is 4.57. The zero-order chi connectivity index (χ0) is 11.4. The first kappa shape index (κ1) is 11.2. The second kappa shape index (κ2) is 4.59. The van der Waals surface area contributed by atoms with Crippen molar-refractivity contribution in [3.63, 3.8) is 0 Å². The van der Waals surface area contributed by atoms with E-state index in [4.69, 9.17) is 4.74 Å². The maximum Gasteiger partial charge on any atom is 0.305 e. The SMILES string of the molecule is CNc1c[n+]([O-])c(NC)c(NC)c1OC. The van der Waals surface area contributed by atoms with Gasteiger partial charge in [-0.2, -0.15) is 0 Å². The predicted molar refractivity (Wildman–Crippen MR) is 60.6 cm³/mol. The molecule has 0 aromatic carbocycles. The van der Waals surface area contributed by atoms with Crippen LogP contribution in [0.1, 0.15) is 0 Å². The molecule has 0 aliphatic carbocycles. The summed E-state index contributed by atoms with van der Waals surface area (Å²) in [6.07, 6.45) is 1.42. The minimum Gasteiger partial charge on any atom is -0.710 e. The van der Waals surface area contributed by atoms with Crippen molar-refractivity contribution >= 4 is 17.2 Å². The van der Waals surface area contributed by atoms with Crippen LogP contribution in [0.4, 0.5) is 17.2 Å². The zero-order valence-electron chi connectivity index (χ0n) is 9.34. The van der Waals surface area contributed by atoms with Crippen LogP contribution in [-0.2, 0) is 0 Å². The van der Waals surface area contributed by atoms with Crippen LogP contribution in [0.3, 0.4) is 0 Å². The minimum atomic E-state index is 0.424. The van der Waals surface area contributed by atoms with Gasteiger partial charge in [0.25, 0.3) is 0 Å². The Kier molecular flexibility index (Phi) is 3.43. The molecule has 1 heterocycles. The molecule has 0 aliphatic heterocycles. The van der Waals surface area contributed by atoms with Gasteiger partial charge in [-0.1, -0.05) is 0 Å².